The van der Waals surface area contributed by atoms with E-state index in [0.717, 1.165) is 36.7 Å². The Morgan fingerprint density at radius 1 is 1.26 bits per heavy atom. The molecule has 2 fully saturated rings. The molecule has 2 unspecified atom stereocenters. The molecule has 0 aromatic carbocycles. The number of carboxylic acid groups (broad SMARTS) is 1. The largest absolute Gasteiger partial charge is 0.480 e. The molecule has 0 aliphatic heterocycles. The molecule has 4 heteroatoms. The van der Waals surface area contributed by atoms with Gasteiger partial charge in [-0.1, -0.05) is 25.7 Å². The molecular weight excluding hydrogens is 258 g/mol. The van der Waals surface area contributed by atoms with Crippen molar-refractivity contribution in [1.82, 2.24) is 5.32 Å². The van der Waals surface area contributed by atoms with Crippen molar-refractivity contribution in [3.8, 4) is 0 Å². The van der Waals surface area contributed by atoms with Crippen molar-refractivity contribution in [1.29, 1.82) is 0 Å². The Bertz CT molecular complexity index is 305. The molecule has 3 nitrogen and oxygen atoms in total. The van der Waals surface area contributed by atoms with E-state index < -0.39 is 11.5 Å². The number of nitrogens with one attached hydrogen (secondary N) is 1. The van der Waals surface area contributed by atoms with E-state index in [4.69, 9.17) is 0 Å². The van der Waals surface area contributed by atoms with E-state index in [1.165, 1.54) is 32.1 Å². The van der Waals surface area contributed by atoms with E-state index in [-0.39, 0.29) is 0 Å². The Kier molecular flexibility index (Phi) is 5.58. The fourth-order valence-corrected chi connectivity index (χ4v) is 5.22. The van der Waals surface area contributed by atoms with Gasteiger partial charge in [-0.25, -0.2) is 0 Å². The van der Waals surface area contributed by atoms with Crippen LogP contribution in [0.3, 0.4) is 0 Å². The summed E-state index contributed by atoms with van der Waals surface area (Å²) in [6.45, 7) is 0. The fraction of sp³-hybridized carbons (Fsp3) is 0.933. The first-order valence-electron chi connectivity index (χ1n) is 7.73. The maximum atomic E-state index is 11.6. The quantitative estimate of drug-likeness (QED) is 0.786. The van der Waals surface area contributed by atoms with Crippen LogP contribution in [0.4, 0.5) is 0 Å². The molecule has 2 saturated carbocycles. The Morgan fingerprint density at radius 2 is 2.00 bits per heavy atom. The lowest BCUT2D eigenvalue weighted by Crippen LogP contribution is -2.53. The molecule has 0 amide bonds. The lowest BCUT2D eigenvalue weighted by molar-refractivity contribution is -0.146. The normalized spacial score (nSPS) is 32.6. The average molecular weight is 285 g/mol. The first kappa shape index (κ1) is 15.2. The number of carbonyl (C=O) groups is 1. The van der Waals surface area contributed by atoms with Crippen LogP contribution in [0.2, 0.25) is 0 Å². The SMILES string of the molecule is CNC1(C(=O)O)CCCC1CCSC1CCCCC1. The van der Waals surface area contributed by atoms with Gasteiger partial charge >= 0.3 is 5.97 Å². The predicted octanol–water partition coefficient (Wildman–Crippen LogP) is 3.29. The third-order valence-electron chi connectivity index (χ3n) is 5.02. The topological polar surface area (TPSA) is 49.3 Å². The highest BCUT2D eigenvalue weighted by Gasteiger charge is 2.47. The predicted molar refractivity (Wildman–Crippen MR) is 80.7 cm³/mol. The van der Waals surface area contributed by atoms with Gasteiger partial charge in [0.1, 0.15) is 5.54 Å². The second-order valence-electron chi connectivity index (χ2n) is 6.04. The second kappa shape index (κ2) is 6.98. The molecule has 2 N–H and O–H groups in total. The van der Waals surface area contributed by atoms with E-state index in [1.54, 1.807) is 7.05 Å². The minimum Gasteiger partial charge on any atom is -0.480 e. The summed E-state index contributed by atoms with van der Waals surface area (Å²) in [7, 11) is 1.81. The zero-order valence-corrected chi connectivity index (χ0v) is 12.8. The molecule has 0 bridgehead atoms. The van der Waals surface area contributed by atoms with Crippen LogP contribution in [0, 0.1) is 5.92 Å². The van der Waals surface area contributed by atoms with Crippen molar-refractivity contribution >= 4 is 17.7 Å². The summed E-state index contributed by atoms with van der Waals surface area (Å²) in [6, 6.07) is 0. The van der Waals surface area contributed by atoms with Gasteiger partial charge in [0.05, 0.1) is 0 Å². The number of carboxylic acids is 1. The van der Waals surface area contributed by atoms with Crippen molar-refractivity contribution in [3.05, 3.63) is 0 Å². The van der Waals surface area contributed by atoms with Crippen LogP contribution in [0.1, 0.15) is 57.8 Å². The number of aliphatic carboxylic acids is 1. The zero-order valence-electron chi connectivity index (χ0n) is 12.0. The molecule has 0 radical (unpaired) electrons. The summed E-state index contributed by atoms with van der Waals surface area (Å²) in [5, 5.41) is 13.5. The highest BCUT2D eigenvalue weighted by atomic mass is 32.2. The Hall–Kier alpha value is -0.220. The molecule has 2 rings (SSSR count). The summed E-state index contributed by atoms with van der Waals surface area (Å²) < 4.78 is 0. The molecule has 0 aromatic heterocycles. The maximum Gasteiger partial charge on any atom is 0.324 e. The van der Waals surface area contributed by atoms with Gasteiger partial charge in [-0.05, 0) is 50.8 Å². The van der Waals surface area contributed by atoms with Crippen LogP contribution < -0.4 is 5.32 Å². The molecular formula is C15H27NO2S. The first-order valence-corrected chi connectivity index (χ1v) is 8.78. The van der Waals surface area contributed by atoms with Gasteiger partial charge < -0.3 is 10.4 Å². The third kappa shape index (κ3) is 3.46. The minimum atomic E-state index is -0.653. The molecule has 110 valence electrons. The van der Waals surface area contributed by atoms with Gasteiger partial charge in [0.25, 0.3) is 0 Å². The van der Waals surface area contributed by atoms with Gasteiger partial charge in [0, 0.05) is 5.25 Å². The van der Waals surface area contributed by atoms with Gasteiger partial charge in [-0.3, -0.25) is 4.79 Å². The molecule has 0 aromatic rings. The van der Waals surface area contributed by atoms with Gasteiger partial charge in [0.15, 0.2) is 0 Å². The monoisotopic (exact) mass is 285 g/mol. The molecule has 0 spiro atoms. The zero-order chi connectivity index (χ0) is 13.7. The summed E-state index contributed by atoms with van der Waals surface area (Å²) in [5.74, 6) is 0.790. The van der Waals surface area contributed by atoms with Crippen molar-refractivity contribution in [2.24, 2.45) is 5.92 Å². The van der Waals surface area contributed by atoms with Crippen molar-refractivity contribution in [2.75, 3.05) is 12.8 Å². The van der Waals surface area contributed by atoms with E-state index >= 15 is 0 Å². The van der Waals surface area contributed by atoms with E-state index in [1.807, 2.05) is 0 Å². The summed E-state index contributed by atoms with van der Waals surface area (Å²) in [6.07, 6.45) is 10.9. The summed E-state index contributed by atoms with van der Waals surface area (Å²) in [5.41, 5.74) is -0.646. The van der Waals surface area contributed by atoms with Crippen LogP contribution in [-0.2, 0) is 4.79 Å². The fourth-order valence-electron chi connectivity index (χ4n) is 3.79. The molecule has 2 aliphatic rings. The van der Waals surface area contributed by atoms with E-state index in [9.17, 15) is 9.90 Å². The van der Waals surface area contributed by atoms with Crippen molar-refractivity contribution in [3.63, 3.8) is 0 Å². The highest BCUT2D eigenvalue weighted by Crippen LogP contribution is 2.39. The summed E-state index contributed by atoms with van der Waals surface area (Å²) >= 11 is 2.09. The number of thioether (sulfide) groups is 1. The van der Waals surface area contributed by atoms with Crippen LogP contribution in [0.15, 0.2) is 0 Å². The summed E-state index contributed by atoms with van der Waals surface area (Å²) in [4.78, 5) is 11.6. The Balaban J connectivity index is 1.79. The molecule has 0 saturated heterocycles. The second-order valence-corrected chi connectivity index (χ2v) is 7.44. The first-order chi connectivity index (χ1) is 9.19. The Morgan fingerprint density at radius 3 is 2.63 bits per heavy atom. The molecule has 2 atom stereocenters. The maximum absolute atomic E-state index is 11.6. The Labute approximate surface area is 120 Å². The number of likely N-dealkylation sites (N-methyl/N-ethyl adjacent to an activating group) is 1. The lowest BCUT2D eigenvalue weighted by atomic mass is 9.85. The van der Waals surface area contributed by atoms with Crippen LogP contribution in [0.25, 0.3) is 0 Å². The molecule has 0 heterocycles. The standard InChI is InChI=1S/C15H27NO2S/c1-16-15(14(17)18)10-5-6-12(15)9-11-19-13-7-3-2-4-8-13/h12-13,16H,2-11H2,1H3,(H,17,18). The van der Waals surface area contributed by atoms with Crippen molar-refractivity contribution < 1.29 is 9.90 Å². The van der Waals surface area contributed by atoms with Crippen LogP contribution in [-0.4, -0.2) is 34.7 Å². The van der Waals surface area contributed by atoms with Gasteiger partial charge in [0.2, 0.25) is 0 Å². The van der Waals surface area contributed by atoms with Gasteiger partial charge in [-0.2, -0.15) is 11.8 Å². The minimum absolute atomic E-state index is 0.311. The average Bonchev–Trinajstić information content (AvgIpc) is 2.84. The van der Waals surface area contributed by atoms with Gasteiger partial charge in [-0.15, -0.1) is 0 Å². The van der Waals surface area contributed by atoms with E-state index in [2.05, 4.69) is 17.1 Å². The van der Waals surface area contributed by atoms with Crippen LogP contribution in [0.5, 0.6) is 0 Å². The van der Waals surface area contributed by atoms with E-state index in [0.29, 0.717) is 5.92 Å². The number of hydrogen-bond acceptors (Lipinski definition) is 3. The van der Waals surface area contributed by atoms with Crippen LogP contribution >= 0.6 is 11.8 Å². The number of hydrogen-bond donors (Lipinski definition) is 2. The molecule has 2 aliphatic carbocycles. The highest BCUT2D eigenvalue weighted by molar-refractivity contribution is 7.99. The third-order valence-corrected chi connectivity index (χ3v) is 6.43. The smallest absolute Gasteiger partial charge is 0.324 e. The molecule has 19 heavy (non-hydrogen) atoms. The van der Waals surface area contributed by atoms with Crippen molar-refractivity contribution in [2.45, 2.75) is 68.6 Å². The lowest BCUT2D eigenvalue weighted by Gasteiger charge is -2.31. The number of rotatable bonds is 6.